The summed E-state index contributed by atoms with van der Waals surface area (Å²) in [6, 6.07) is 1.13. The first-order chi connectivity index (χ1) is 12.9. The number of rotatable bonds is 3. The molecule has 1 saturated carbocycles. The standard InChI is InChI=1S/C19H18ClFN2O4/c20-15-16-12(18(25)13(19(26)27)9-23(16)10-3-4-10)8-14(21)17(15)22-6-1-2-11(24)5-7-22/h8-10H,1-7H2,(H,26,27). The highest BCUT2D eigenvalue weighted by molar-refractivity contribution is 6.38. The van der Waals surface area contributed by atoms with E-state index in [2.05, 4.69) is 0 Å². The zero-order chi connectivity index (χ0) is 19.3. The van der Waals surface area contributed by atoms with Gasteiger partial charge in [0.2, 0.25) is 5.43 Å². The number of nitrogens with zero attached hydrogens (tertiary/aromatic N) is 2. The molecule has 2 aliphatic rings. The molecule has 2 aromatic rings. The van der Waals surface area contributed by atoms with Gasteiger partial charge in [0.15, 0.2) is 0 Å². The second-order valence-electron chi connectivity index (χ2n) is 7.11. The number of benzene rings is 1. The zero-order valence-corrected chi connectivity index (χ0v) is 15.3. The van der Waals surface area contributed by atoms with Crippen molar-refractivity contribution in [2.24, 2.45) is 0 Å². The fourth-order valence-corrected chi connectivity index (χ4v) is 4.11. The number of carboxylic acid groups (broad SMARTS) is 1. The Morgan fingerprint density at radius 1 is 1.22 bits per heavy atom. The van der Waals surface area contributed by atoms with Crippen LogP contribution in [0.2, 0.25) is 5.02 Å². The molecule has 2 fully saturated rings. The van der Waals surface area contributed by atoms with Gasteiger partial charge in [0.05, 0.1) is 21.6 Å². The molecule has 0 amide bonds. The highest BCUT2D eigenvalue weighted by Crippen LogP contribution is 2.42. The van der Waals surface area contributed by atoms with E-state index in [1.807, 2.05) is 0 Å². The van der Waals surface area contributed by atoms with Crippen LogP contribution < -0.4 is 10.3 Å². The number of carboxylic acids is 1. The number of fused-ring (bicyclic) bond motifs is 1. The van der Waals surface area contributed by atoms with Crippen molar-refractivity contribution in [3.05, 3.63) is 38.9 Å². The second kappa shape index (κ2) is 6.64. The van der Waals surface area contributed by atoms with Crippen LogP contribution in [0.25, 0.3) is 10.9 Å². The van der Waals surface area contributed by atoms with E-state index in [0.29, 0.717) is 37.9 Å². The Balaban J connectivity index is 1.96. The van der Waals surface area contributed by atoms with E-state index < -0.39 is 22.8 Å². The van der Waals surface area contributed by atoms with Crippen LogP contribution in [0, 0.1) is 5.82 Å². The van der Waals surface area contributed by atoms with Gasteiger partial charge in [-0.25, -0.2) is 9.18 Å². The lowest BCUT2D eigenvalue weighted by molar-refractivity contribution is -0.118. The second-order valence-corrected chi connectivity index (χ2v) is 7.49. The first-order valence-electron chi connectivity index (χ1n) is 8.95. The van der Waals surface area contributed by atoms with Crippen LogP contribution in [0.4, 0.5) is 10.1 Å². The molecular formula is C19H18ClFN2O4. The lowest BCUT2D eigenvalue weighted by Gasteiger charge is -2.25. The SMILES string of the molecule is O=C1CCCN(c2c(F)cc3c(=O)c(C(=O)O)cn(C4CC4)c3c2Cl)CC1. The fourth-order valence-electron chi connectivity index (χ4n) is 3.70. The third-order valence-electron chi connectivity index (χ3n) is 5.21. The van der Waals surface area contributed by atoms with Gasteiger partial charge in [-0.3, -0.25) is 9.59 Å². The summed E-state index contributed by atoms with van der Waals surface area (Å²) in [7, 11) is 0. The topological polar surface area (TPSA) is 79.6 Å². The minimum absolute atomic E-state index is 0.0288. The number of hydrogen-bond donors (Lipinski definition) is 1. The first kappa shape index (κ1) is 18.0. The van der Waals surface area contributed by atoms with Crippen molar-refractivity contribution < 1.29 is 19.1 Å². The predicted octanol–water partition coefficient (Wildman–Crippen LogP) is 3.39. The van der Waals surface area contributed by atoms with Gasteiger partial charge in [0, 0.05) is 38.2 Å². The molecule has 1 aromatic heterocycles. The highest BCUT2D eigenvalue weighted by atomic mass is 35.5. The Hall–Kier alpha value is -2.41. The number of aromatic nitrogens is 1. The molecule has 0 bridgehead atoms. The van der Waals surface area contributed by atoms with Crippen molar-refractivity contribution in [3.63, 3.8) is 0 Å². The number of pyridine rings is 1. The maximum Gasteiger partial charge on any atom is 0.341 e. The van der Waals surface area contributed by atoms with Gasteiger partial charge in [-0.05, 0) is 25.3 Å². The number of carbonyl (C=O) groups is 2. The smallest absolute Gasteiger partial charge is 0.341 e. The van der Waals surface area contributed by atoms with Crippen molar-refractivity contribution in [1.29, 1.82) is 0 Å². The molecule has 1 aromatic carbocycles. The lowest BCUT2D eigenvalue weighted by Crippen LogP contribution is -2.26. The van der Waals surface area contributed by atoms with Crippen molar-refractivity contribution >= 4 is 39.9 Å². The van der Waals surface area contributed by atoms with Crippen LogP contribution in [-0.4, -0.2) is 34.5 Å². The lowest BCUT2D eigenvalue weighted by atomic mass is 10.1. The summed E-state index contributed by atoms with van der Waals surface area (Å²) in [6.07, 6.45) is 4.39. The normalized spacial score (nSPS) is 18.0. The molecule has 1 N–H and O–H groups in total. The Bertz CT molecular complexity index is 1030. The number of anilines is 1. The van der Waals surface area contributed by atoms with Gasteiger partial charge in [0.25, 0.3) is 0 Å². The minimum Gasteiger partial charge on any atom is -0.477 e. The van der Waals surface area contributed by atoms with Crippen molar-refractivity contribution in [2.75, 3.05) is 18.0 Å². The average Bonchev–Trinajstić information content (AvgIpc) is 3.44. The van der Waals surface area contributed by atoms with Gasteiger partial charge < -0.3 is 14.6 Å². The molecule has 1 saturated heterocycles. The van der Waals surface area contributed by atoms with Crippen LogP contribution in [0.1, 0.15) is 48.5 Å². The first-order valence-corrected chi connectivity index (χ1v) is 9.33. The molecule has 0 unspecified atom stereocenters. The molecule has 0 spiro atoms. The molecule has 0 atom stereocenters. The van der Waals surface area contributed by atoms with E-state index in [4.69, 9.17) is 11.6 Å². The molecule has 142 valence electrons. The largest absolute Gasteiger partial charge is 0.477 e. The number of aromatic carboxylic acids is 1. The fraction of sp³-hybridized carbons (Fsp3) is 0.421. The Labute approximate surface area is 159 Å². The summed E-state index contributed by atoms with van der Waals surface area (Å²) in [5.41, 5.74) is -0.595. The number of ketones is 1. The van der Waals surface area contributed by atoms with E-state index in [-0.39, 0.29) is 27.9 Å². The van der Waals surface area contributed by atoms with Crippen LogP contribution in [0.15, 0.2) is 17.1 Å². The summed E-state index contributed by atoms with van der Waals surface area (Å²) in [6.45, 7) is 0.858. The molecule has 2 heterocycles. The summed E-state index contributed by atoms with van der Waals surface area (Å²) < 4.78 is 16.6. The third kappa shape index (κ3) is 3.10. The molecule has 6 nitrogen and oxygen atoms in total. The van der Waals surface area contributed by atoms with Crippen molar-refractivity contribution in [2.45, 2.75) is 38.1 Å². The molecule has 0 radical (unpaired) electrons. The maximum absolute atomic E-state index is 14.9. The van der Waals surface area contributed by atoms with Gasteiger partial charge in [0.1, 0.15) is 17.2 Å². The molecule has 27 heavy (non-hydrogen) atoms. The Morgan fingerprint density at radius 2 is 1.96 bits per heavy atom. The van der Waals surface area contributed by atoms with Gasteiger partial charge >= 0.3 is 5.97 Å². The van der Waals surface area contributed by atoms with E-state index in [0.717, 1.165) is 18.9 Å². The monoisotopic (exact) mass is 392 g/mol. The quantitative estimate of drug-likeness (QED) is 0.866. The number of halogens is 2. The summed E-state index contributed by atoms with van der Waals surface area (Å²) in [4.78, 5) is 37.4. The molecule has 1 aliphatic carbocycles. The van der Waals surface area contributed by atoms with E-state index in [1.165, 1.54) is 6.20 Å². The Kier molecular flexibility index (Phi) is 4.42. The number of hydrogen-bond acceptors (Lipinski definition) is 4. The number of Topliss-reactive ketones (excluding diaryl/α,β-unsaturated/α-hetero) is 1. The van der Waals surface area contributed by atoms with Gasteiger partial charge in [-0.1, -0.05) is 11.6 Å². The molecule has 8 heteroatoms. The van der Waals surface area contributed by atoms with E-state index in [1.54, 1.807) is 9.47 Å². The molecular weight excluding hydrogens is 375 g/mol. The molecule has 4 rings (SSSR count). The predicted molar refractivity (Wildman–Crippen MR) is 99.5 cm³/mol. The van der Waals surface area contributed by atoms with Gasteiger partial charge in [-0.2, -0.15) is 0 Å². The van der Waals surface area contributed by atoms with E-state index >= 15 is 0 Å². The highest BCUT2D eigenvalue weighted by Gasteiger charge is 2.30. The molecule has 1 aliphatic heterocycles. The van der Waals surface area contributed by atoms with E-state index in [9.17, 15) is 23.9 Å². The van der Waals surface area contributed by atoms with Crippen LogP contribution >= 0.6 is 11.6 Å². The zero-order valence-electron chi connectivity index (χ0n) is 14.5. The summed E-state index contributed by atoms with van der Waals surface area (Å²) in [5.74, 6) is -1.89. The van der Waals surface area contributed by atoms with Crippen molar-refractivity contribution in [3.8, 4) is 0 Å². The minimum atomic E-state index is -1.34. The summed E-state index contributed by atoms with van der Waals surface area (Å²) in [5, 5.41) is 9.39. The maximum atomic E-state index is 14.9. The van der Waals surface area contributed by atoms with Crippen molar-refractivity contribution in [1.82, 2.24) is 4.57 Å². The summed E-state index contributed by atoms with van der Waals surface area (Å²) >= 11 is 6.58. The van der Waals surface area contributed by atoms with Crippen LogP contribution in [-0.2, 0) is 4.79 Å². The van der Waals surface area contributed by atoms with Gasteiger partial charge in [-0.15, -0.1) is 0 Å². The average molecular weight is 393 g/mol. The Morgan fingerprint density at radius 3 is 2.63 bits per heavy atom. The van der Waals surface area contributed by atoms with Crippen LogP contribution in [0.3, 0.4) is 0 Å². The third-order valence-corrected chi connectivity index (χ3v) is 5.57. The number of carbonyl (C=O) groups excluding carboxylic acids is 1. The van der Waals surface area contributed by atoms with Crippen LogP contribution in [0.5, 0.6) is 0 Å².